The summed E-state index contributed by atoms with van der Waals surface area (Å²) in [6, 6.07) is 12.0. The van der Waals surface area contributed by atoms with Crippen LogP contribution in [0.2, 0.25) is 5.02 Å². The molecule has 0 atom stereocenters. The van der Waals surface area contributed by atoms with Crippen molar-refractivity contribution in [3.05, 3.63) is 63.6 Å². The predicted octanol–water partition coefficient (Wildman–Crippen LogP) is 3.09. The molecular formula is C18H19ClN2O4S. The van der Waals surface area contributed by atoms with Crippen LogP contribution >= 0.6 is 11.6 Å². The Balaban J connectivity index is 1.58. The zero-order valence-electron chi connectivity index (χ0n) is 14.2. The highest BCUT2D eigenvalue weighted by atomic mass is 35.5. The molecule has 0 fully saturated rings. The van der Waals surface area contributed by atoms with E-state index in [0.717, 1.165) is 18.4 Å². The Hall–Kier alpha value is -2.09. The van der Waals surface area contributed by atoms with E-state index < -0.39 is 15.8 Å². The number of rotatable bonds is 7. The van der Waals surface area contributed by atoms with Crippen molar-refractivity contribution in [2.24, 2.45) is 7.05 Å². The topological polar surface area (TPSA) is 81.3 Å². The van der Waals surface area contributed by atoms with Gasteiger partial charge in [0.15, 0.2) is 5.58 Å². The Morgan fingerprint density at radius 2 is 1.96 bits per heavy atom. The van der Waals surface area contributed by atoms with Crippen LogP contribution in [0.5, 0.6) is 0 Å². The molecule has 0 saturated heterocycles. The van der Waals surface area contributed by atoms with Crippen LogP contribution in [0.15, 0.2) is 56.6 Å². The first-order chi connectivity index (χ1) is 12.4. The molecule has 0 saturated carbocycles. The Morgan fingerprint density at radius 1 is 1.15 bits per heavy atom. The van der Waals surface area contributed by atoms with Gasteiger partial charge >= 0.3 is 5.76 Å². The van der Waals surface area contributed by atoms with Crippen molar-refractivity contribution < 1.29 is 12.8 Å². The molecule has 1 N–H and O–H groups in total. The fourth-order valence-corrected chi connectivity index (χ4v) is 4.02. The number of benzene rings is 2. The summed E-state index contributed by atoms with van der Waals surface area (Å²) < 4.78 is 33.7. The number of hydrogen-bond acceptors (Lipinski definition) is 4. The van der Waals surface area contributed by atoms with Gasteiger partial charge in [-0.05, 0) is 49.1 Å². The maximum atomic E-state index is 12.4. The van der Waals surface area contributed by atoms with Gasteiger partial charge in [0, 0.05) is 24.7 Å². The molecule has 0 unspecified atom stereocenters. The van der Waals surface area contributed by atoms with Gasteiger partial charge in [0.25, 0.3) is 0 Å². The van der Waals surface area contributed by atoms with Gasteiger partial charge in [-0.15, -0.1) is 0 Å². The second-order valence-corrected chi connectivity index (χ2v) is 8.24. The maximum absolute atomic E-state index is 12.4. The van der Waals surface area contributed by atoms with Crippen LogP contribution in [0.25, 0.3) is 11.1 Å². The van der Waals surface area contributed by atoms with Gasteiger partial charge in [-0.25, -0.2) is 17.9 Å². The van der Waals surface area contributed by atoms with Crippen LogP contribution in [0.3, 0.4) is 0 Å². The van der Waals surface area contributed by atoms with Crippen molar-refractivity contribution in [1.29, 1.82) is 0 Å². The van der Waals surface area contributed by atoms with E-state index in [2.05, 4.69) is 4.72 Å². The third-order valence-corrected chi connectivity index (χ3v) is 5.84. The first-order valence-corrected chi connectivity index (χ1v) is 10.1. The van der Waals surface area contributed by atoms with Crippen molar-refractivity contribution in [1.82, 2.24) is 9.29 Å². The molecule has 1 aromatic heterocycles. The Morgan fingerprint density at radius 3 is 2.73 bits per heavy atom. The number of aromatic nitrogens is 1. The van der Waals surface area contributed by atoms with E-state index >= 15 is 0 Å². The van der Waals surface area contributed by atoms with Crippen LogP contribution in [-0.4, -0.2) is 19.5 Å². The van der Waals surface area contributed by atoms with E-state index in [-0.39, 0.29) is 10.5 Å². The number of aryl methyl sites for hydroxylation is 2. The van der Waals surface area contributed by atoms with Crippen molar-refractivity contribution in [3.63, 3.8) is 0 Å². The molecule has 138 valence electrons. The summed E-state index contributed by atoms with van der Waals surface area (Å²) in [4.78, 5) is 11.6. The molecule has 2 aromatic carbocycles. The Kier molecular flexibility index (Phi) is 5.50. The smallest absolute Gasteiger partial charge is 0.408 e. The quantitative estimate of drug-likeness (QED) is 0.624. The molecule has 6 nitrogen and oxygen atoms in total. The molecule has 3 aromatic rings. The van der Waals surface area contributed by atoms with E-state index in [0.29, 0.717) is 23.5 Å². The summed E-state index contributed by atoms with van der Waals surface area (Å²) >= 11 is 5.94. The minimum Gasteiger partial charge on any atom is -0.408 e. The number of hydrogen-bond donors (Lipinski definition) is 1. The summed E-state index contributed by atoms with van der Waals surface area (Å²) in [5.74, 6) is -0.525. The van der Waals surface area contributed by atoms with Crippen LogP contribution in [0.4, 0.5) is 0 Å². The van der Waals surface area contributed by atoms with Gasteiger partial charge in [-0.3, -0.25) is 4.57 Å². The van der Waals surface area contributed by atoms with Crippen molar-refractivity contribution in [2.45, 2.75) is 24.2 Å². The standard InChI is InChI=1S/C18H19ClN2O4S/c1-21-16-9-8-15(12-17(16)25-18(21)22)26(23,24)20-10-3-2-5-13-6-4-7-14(19)11-13/h4,6-9,11-12,20H,2-3,5,10H2,1H3. The second-order valence-electron chi connectivity index (χ2n) is 6.04. The van der Waals surface area contributed by atoms with Gasteiger partial charge in [0.05, 0.1) is 10.4 Å². The molecule has 0 amide bonds. The van der Waals surface area contributed by atoms with Crippen LogP contribution in [-0.2, 0) is 23.5 Å². The van der Waals surface area contributed by atoms with Gasteiger partial charge in [0.2, 0.25) is 10.0 Å². The number of oxazole rings is 1. The summed E-state index contributed by atoms with van der Waals surface area (Å²) in [5.41, 5.74) is 1.93. The molecule has 0 bridgehead atoms. The molecule has 3 rings (SSSR count). The van der Waals surface area contributed by atoms with E-state index in [1.54, 1.807) is 13.1 Å². The second kappa shape index (κ2) is 7.65. The fraction of sp³-hybridized carbons (Fsp3) is 0.278. The predicted molar refractivity (Wildman–Crippen MR) is 101 cm³/mol. The summed E-state index contributed by atoms with van der Waals surface area (Å²) in [6.07, 6.45) is 2.38. The summed E-state index contributed by atoms with van der Waals surface area (Å²) in [6.45, 7) is 0.333. The van der Waals surface area contributed by atoms with Gasteiger partial charge in [-0.1, -0.05) is 23.7 Å². The fourth-order valence-electron chi connectivity index (χ4n) is 2.72. The molecule has 0 aliphatic carbocycles. The lowest BCUT2D eigenvalue weighted by atomic mass is 10.1. The van der Waals surface area contributed by atoms with E-state index in [1.165, 1.54) is 16.7 Å². The van der Waals surface area contributed by atoms with Crippen molar-refractivity contribution in [3.8, 4) is 0 Å². The van der Waals surface area contributed by atoms with E-state index in [1.807, 2.05) is 24.3 Å². The van der Waals surface area contributed by atoms with Crippen molar-refractivity contribution >= 4 is 32.7 Å². The molecule has 26 heavy (non-hydrogen) atoms. The lowest BCUT2D eigenvalue weighted by Crippen LogP contribution is -2.24. The third-order valence-electron chi connectivity index (χ3n) is 4.15. The van der Waals surface area contributed by atoms with E-state index in [4.69, 9.17) is 16.0 Å². The van der Waals surface area contributed by atoms with Gasteiger partial charge < -0.3 is 4.42 Å². The number of nitrogens with one attached hydrogen (secondary N) is 1. The van der Waals surface area contributed by atoms with Crippen LogP contribution in [0.1, 0.15) is 18.4 Å². The lowest BCUT2D eigenvalue weighted by Gasteiger charge is -2.07. The molecule has 0 spiro atoms. The molecule has 0 aliphatic rings. The average Bonchev–Trinajstić information content (AvgIpc) is 2.88. The highest BCUT2D eigenvalue weighted by molar-refractivity contribution is 7.89. The Bertz CT molecular complexity index is 1090. The number of nitrogens with zero attached hydrogens (tertiary/aromatic N) is 1. The van der Waals surface area contributed by atoms with Crippen LogP contribution in [0, 0.1) is 0 Å². The van der Waals surface area contributed by atoms with Gasteiger partial charge in [-0.2, -0.15) is 0 Å². The normalized spacial score (nSPS) is 11.9. The molecule has 0 aliphatic heterocycles. The zero-order valence-corrected chi connectivity index (χ0v) is 15.8. The van der Waals surface area contributed by atoms with Crippen LogP contribution < -0.4 is 10.5 Å². The molecule has 1 heterocycles. The summed E-state index contributed by atoms with van der Waals surface area (Å²) in [7, 11) is -2.08. The van der Waals surface area contributed by atoms with Gasteiger partial charge in [0.1, 0.15) is 0 Å². The largest absolute Gasteiger partial charge is 0.419 e. The lowest BCUT2D eigenvalue weighted by molar-refractivity contribution is 0.527. The minimum absolute atomic E-state index is 0.0780. The first-order valence-electron chi connectivity index (χ1n) is 8.20. The monoisotopic (exact) mass is 394 g/mol. The first kappa shape index (κ1) is 18.7. The van der Waals surface area contributed by atoms with E-state index in [9.17, 15) is 13.2 Å². The average molecular weight is 395 g/mol. The number of halogens is 1. The molecule has 0 radical (unpaired) electrons. The zero-order chi connectivity index (χ0) is 18.7. The highest BCUT2D eigenvalue weighted by Crippen LogP contribution is 2.18. The summed E-state index contributed by atoms with van der Waals surface area (Å²) in [5, 5.41) is 0.700. The maximum Gasteiger partial charge on any atom is 0.419 e. The highest BCUT2D eigenvalue weighted by Gasteiger charge is 2.16. The Labute approximate surface area is 156 Å². The number of sulfonamides is 1. The molecular weight excluding hydrogens is 376 g/mol. The third kappa shape index (κ3) is 4.17. The minimum atomic E-state index is -3.65. The van der Waals surface area contributed by atoms with Crippen molar-refractivity contribution in [2.75, 3.05) is 6.54 Å². The number of unbranched alkanes of at least 4 members (excludes halogenated alkanes) is 1. The number of fused-ring (bicyclic) bond motifs is 1. The molecule has 8 heteroatoms. The SMILES string of the molecule is Cn1c(=O)oc2cc(S(=O)(=O)NCCCCc3cccc(Cl)c3)ccc21.